The van der Waals surface area contributed by atoms with Crippen LogP contribution in [0.2, 0.25) is 0 Å². The molecule has 0 saturated heterocycles. The maximum atomic E-state index is 10.9. The van der Waals surface area contributed by atoms with Crippen LogP contribution in [0.4, 0.5) is 11.4 Å². The molecule has 0 atom stereocenters. The number of aromatic nitrogens is 1. The third-order valence-electron chi connectivity index (χ3n) is 2.83. The second-order valence-electron chi connectivity index (χ2n) is 4.16. The van der Waals surface area contributed by atoms with Crippen molar-refractivity contribution >= 4 is 48.9 Å². The van der Waals surface area contributed by atoms with E-state index in [-0.39, 0.29) is 5.69 Å². The lowest BCUT2D eigenvalue weighted by molar-refractivity contribution is -0.384. The van der Waals surface area contributed by atoms with E-state index in [1.807, 2.05) is 18.2 Å². The molecule has 0 bridgehead atoms. The molecule has 100 valence electrons. The van der Waals surface area contributed by atoms with E-state index in [0.29, 0.717) is 16.3 Å². The average Bonchev–Trinajstić information content (AvgIpc) is 2.81. The van der Waals surface area contributed by atoms with Crippen LogP contribution in [0.25, 0.3) is 20.8 Å². The molecule has 0 unspecified atom stereocenters. The Morgan fingerprint density at radius 1 is 1.25 bits per heavy atom. The summed E-state index contributed by atoms with van der Waals surface area (Å²) >= 11 is 4.85. The SMILES string of the molecule is Nc1ccc([N+](=O)[O-])cc1-c1nc2cc(Br)ccc2s1. The lowest BCUT2D eigenvalue weighted by Crippen LogP contribution is -1.93. The Hall–Kier alpha value is -1.99. The van der Waals surface area contributed by atoms with Gasteiger partial charge in [-0.15, -0.1) is 11.3 Å². The van der Waals surface area contributed by atoms with Crippen LogP contribution >= 0.6 is 27.3 Å². The minimum atomic E-state index is -0.438. The first-order chi connectivity index (χ1) is 9.54. The number of non-ortho nitro benzene ring substituents is 1. The standard InChI is InChI=1S/C13H8BrN3O2S/c14-7-1-4-12-11(5-7)16-13(20-12)9-6-8(17(18)19)2-3-10(9)15/h1-6H,15H2. The van der Waals surface area contributed by atoms with Crippen molar-refractivity contribution in [2.24, 2.45) is 0 Å². The molecule has 0 amide bonds. The van der Waals surface area contributed by atoms with Gasteiger partial charge in [-0.2, -0.15) is 0 Å². The van der Waals surface area contributed by atoms with E-state index in [9.17, 15) is 10.1 Å². The highest BCUT2D eigenvalue weighted by Crippen LogP contribution is 2.36. The number of rotatable bonds is 2. The summed E-state index contributed by atoms with van der Waals surface area (Å²) in [6.45, 7) is 0. The van der Waals surface area contributed by atoms with Crippen LogP contribution < -0.4 is 5.73 Å². The monoisotopic (exact) mass is 349 g/mol. The maximum Gasteiger partial charge on any atom is 0.270 e. The number of nitro benzene ring substituents is 1. The summed E-state index contributed by atoms with van der Waals surface area (Å²) in [6.07, 6.45) is 0. The summed E-state index contributed by atoms with van der Waals surface area (Å²) in [4.78, 5) is 14.9. The van der Waals surface area contributed by atoms with Crippen molar-refractivity contribution in [2.75, 3.05) is 5.73 Å². The molecular formula is C13H8BrN3O2S. The highest BCUT2D eigenvalue weighted by atomic mass is 79.9. The number of fused-ring (bicyclic) bond motifs is 1. The van der Waals surface area contributed by atoms with Crippen LogP contribution in [-0.4, -0.2) is 9.91 Å². The van der Waals surface area contributed by atoms with Gasteiger partial charge in [0.2, 0.25) is 0 Å². The fourth-order valence-corrected chi connectivity index (χ4v) is 3.19. The summed E-state index contributed by atoms with van der Waals surface area (Å²) in [6, 6.07) is 10.2. The molecule has 2 N–H and O–H groups in total. The number of halogens is 1. The fourth-order valence-electron chi connectivity index (χ4n) is 1.86. The minimum absolute atomic E-state index is 0.00892. The number of nitro groups is 1. The van der Waals surface area contributed by atoms with E-state index in [1.165, 1.54) is 29.5 Å². The number of nitrogens with zero attached hydrogens (tertiary/aromatic N) is 2. The van der Waals surface area contributed by atoms with Crippen molar-refractivity contribution in [1.82, 2.24) is 4.98 Å². The van der Waals surface area contributed by atoms with Crippen LogP contribution in [0.1, 0.15) is 0 Å². The Balaban J connectivity index is 2.19. The van der Waals surface area contributed by atoms with Gasteiger partial charge in [0, 0.05) is 27.9 Å². The molecule has 0 fully saturated rings. The molecule has 0 spiro atoms. The lowest BCUT2D eigenvalue weighted by Gasteiger charge is -2.01. The predicted octanol–water partition coefficient (Wildman–Crippen LogP) is 4.22. The van der Waals surface area contributed by atoms with Gasteiger partial charge < -0.3 is 5.73 Å². The first kappa shape index (κ1) is 13.0. The summed E-state index contributed by atoms with van der Waals surface area (Å²) in [5.74, 6) is 0. The van der Waals surface area contributed by atoms with Gasteiger partial charge in [-0.05, 0) is 24.3 Å². The molecule has 3 rings (SSSR count). The van der Waals surface area contributed by atoms with E-state index in [1.54, 1.807) is 0 Å². The van der Waals surface area contributed by atoms with E-state index >= 15 is 0 Å². The molecule has 7 heteroatoms. The minimum Gasteiger partial charge on any atom is -0.398 e. The number of nitrogen functional groups attached to an aromatic ring is 1. The smallest absolute Gasteiger partial charge is 0.270 e. The summed E-state index contributed by atoms with van der Waals surface area (Å²) < 4.78 is 1.95. The Labute approximate surface area is 126 Å². The van der Waals surface area contributed by atoms with E-state index in [2.05, 4.69) is 20.9 Å². The number of nitrogens with two attached hydrogens (primary N) is 1. The molecule has 0 aliphatic rings. The molecular weight excluding hydrogens is 342 g/mol. The van der Waals surface area contributed by atoms with Crippen molar-refractivity contribution in [3.63, 3.8) is 0 Å². The van der Waals surface area contributed by atoms with Gasteiger partial charge in [-0.3, -0.25) is 10.1 Å². The van der Waals surface area contributed by atoms with Gasteiger partial charge in [-0.1, -0.05) is 15.9 Å². The van der Waals surface area contributed by atoms with Gasteiger partial charge in [-0.25, -0.2) is 4.98 Å². The lowest BCUT2D eigenvalue weighted by atomic mass is 10.1. The van der Waals surface area contributed by atoms with Crippen molar-refractivity contribution in [3.05, 3.63) is 51.0 Å². The van der Waals surface area contributed by atoms with Crippen LogP contribution in [-0.2, 0) is 0 Å². The van der Waals surface area contributed by atoms with Crippen LogP contribution in [0.3, 0.4) is 0 Å². The van der Waals surface area contributed by atoms with Crippen molar-refractivity contribution in [1.29, 1.82) is 0 Å². The van der Waals surface area contributed by atoms with Crippen LogP contribution in [0, 0.1) is 10.1 Å². The van der Waals surface area contributed by atoms with E-state index < -0.39 is 4.92 Å². The van der Waals surface area contributed by atoms with E-state index in [4.69, 9.17) is 5.73 Å². The van der Waals surface area contributed by atoms with Crippen LogP contribution in [0.5, 0.6) is 0 Å². The molecule has 0 saturated carbocycles. The van der Waals surface area contributed by atoms with E-state index in [0.717, 1.165) is 14.7 Å². The predicted molar refractivity (Wildman–Crippen MR) is 83.8 cm³/mol. The molecule has 0 aliphatic heterocycles. The summed E-state index contributed by atoms with van der Waals surface area (Å²) in [5, 5.41) is 11.5. The van der Waals surface area contributed by atoms with Gasteiger partial charge in [0.05, 0.1) is 15.1 Å². The topological polar surface area (TPSA) is 82.0 Å². The van der Waals surface area contributed by atoms with Gasteiger partial charge >= 0.3 is 0 Å². The van der Waals surface area contributed by atoms with Crippen molar-refractivity contribution in [3.8, 4) is 10.6 Å². The number of anilines is 1. The maximum absolute atomic E-state index is 10.9. The highest BCUT2D eigenvalue weighted by Gasteiger charge is 2.14. The van der Waals surface area contributed by atoms with Crippen LogP contribution in [0.15, 0.2) is 40.9 Å². The zero-order chi connectivity index (χ0) is 14.3. The number of hydrogen-bond acceptors (Lipinski definition) is 5. The second kappa shape index (κ2) is 4.84. The first-order valence-electron chi connectivity index (χ1n) is 5.65. The molecule has 3 aromatic rings. The fraction of sp³-hybridized carbons (Fsp3) is 0. The quantitative estimate of drug-likeness (QED) is 0.426. The molecule has 1 heterocycles. The zero-order valence-corrected chi connectivity index (χ0v) is 12.4. The average molecular weight is 350 g/mol. The number of hydrogen-bond donors (Lipinski definition) is 1. The Morgan fingerprint density at radius 2 is 2.05 bits per heavy atom. The third-order valence-corrected chi connectivity index (χ3v) is 4.39. The Morgan fingerprint density at radius 3 is 2.80 bits per heavy atom. The van der Waals surface area contributed by atoms with Crippen molar-refractivity contribution in [2.45, 2.75) is 0 Å². The molecule has 1 aromatic heterocycles. The molecule has 5 nitrogen and oxygen atoms in total. The number of benzene rings is 2. The third kappa shape index (κ3) is 2.25. The molecule has 20 heavy (non-hydrogen) atoms. The molecule has 0 radical (unpaired) electrons. The number of thiazole rings is 1. The highest BCUT2D eigenvalue weighted by molar-refractivity contribution is 9.10. The second-order valence-corrected chi connectivity index (χ2v) is 6.11. The summed E-state index contributed by atoms with van der Waals surface area (Å²) in [5.41, 5.74) is 7.83. The normalized spacial score (nSPS) is 10.8. The zero-order valence-electron chi connectivity index (χ0n) is 10.0. The Bertz CT molecular complexity index is 832. The molecule has 2 aromatic carbocycles. The molecule has 0 aliphatic carbocycles. The van der Waals surface area contributed by atoms with Gasteiger partial charge in [0.1, 0.15) is 5.01 Å². The first-order valence-corrected chi connectivity index (χ1v) is 7.26. The van der Waals surface area contributed by atoms with Crippen molar-refractivity contribution < 1.29 is 4.92 Å². The Kier molecular flexibility index (Phi) is 3.15. The van der Waals surface area contributed by atoms with Gasteiger partial charge in [0.15, 0.2) is 0 Å². The summed E-state index contributed by atoms with van der Waals surface area (Å²) in [7, 11) is 0. The largest absolute Gasteiger partial charge is 0.398 e. The van der Waals surface area contributed by atoms with Gasteiger partial charge in [0.25, 0.3) is 5.69 Å².